The Morgan fingerprint density at radius 1 is 1.18 bits per heavy atom. The first-order valence-corrected chi connectivity index (χ1v) is 9.10. The fourth-order valence-electron chi connectivity index (χ4n) is 3.39. The molecule has 0 spiro atoms. The highest BCUT2D eigenvalue weighted by atomic mass is 35.5. The van der Waals surface area contributed by atoms with Crippen molar-refractivity contribution in [1.29, 1.82) is 0 Å². The SMILES string of the molecule is COc1cc2c(cc1OC)[C@H](CC(=O)O)N(C(=O)Nc1ccc(Cl)cc1)CC2. The predicted molar refractivity (Wildman–Crippen MR) is 105 cm³/mol. The van der Waals surface area contributed by atoms with Gasteiger partial charge in [0, 0.05) is 17.3 Å². The lowest BCUT2D eigenvalue weighted by atomic mass is 9.90. The van der Waals surface area contributed by atoms with E-state index in [1.807, 2.05) is 6.07 Å². The number of amides is 2. The van der Waals surface area contributed by atoms with Gasteiger partial charge in [0.05, 0.1) is 26.7 Å². The molecule has 0 saturated carbocycles. The average molecular weight is 405 g/mol. The highest BCUT2D eigenvalue weighted by Gasteiger charge is 2.33. The maximum absolute atomic E-state index is 12.9. The summed E-state index contributed by atoms with van der Waals surface area (Å²) < 4.78 is 10.7. The number of methoxy groups -OCH3 is 2. The molecule has 0 aromatic heterocycles. The number of hydrogen-bond acceptors (Lipinski definition) is 4. The van der Waals surface area contributed by atoms with Gasteiger partial charge in [0.2, 0.25) is 0 Å². The van der Waals surface area contributed by atoms with E-state index in [4.69, 9.17) is 21.1 Å². The molecule has 2 amide bonds. The van der Waals surface area contributed by atoms with Gasteiger partial charge in [0.15, 0.2) is 11.5 Å². The molecule has 1 heterocycles. The molecule has 0 fully saturated rings. The minimum atomic E-state index is -0.989. The van der Waals surface area contributed by atoms with Crippen molar-refractivity contribution in [2.24, 2.45) is 0 Å². The molecule has 2 N–H and O–H groups in total. The van der Waals surface area contributed by atoms with Crippen LogP contribution in [-0.4, -0.2) is 42.8 Å². The van der Waals surface area contributed by atoms with Gasteiger partial charge in [-0.3, -0.25) is 4.79 Å². The van der Waals surface area contributed by atoms with Crippen LogP contribution in [0.4, 0.5) is 10.5 Å². The fourth-order valence-corrected chi connectivity index (χ4v) is 3.51. The molecular formula is C20H21ClN2O5. The molecule has 1 aliphatic heterocycles. The largest absolute Gasteiger partial charge is 0.493 e. The lowest BCUT2D eigenvalue weighted by Gasteiger charge is -2.37. The Bertz CT molecular complexity index is 885. The first-order chi connectivity index (χ1) is 13.4. The molecule has 1 atom stereocenters. The van der Waals surface area contributed by atoms with Crippen LogP contribution in [0.15, 0.2) is 36.4 Å². The van der Waals surface area contributed by atoms with Gasteiger partial charge in [-0.2, -0.15) is 0 Å². The van der Waals surface area contributed by atoms with Crippen LogP contribution in [-0.2, 0) is 11.2 Å². The van der Waals surface area contributed by atoms with Crippen LogP contribution in [0.3, 0.4) is 0 Å². The lowest BCUT2D eigenvalue weighted by molar-refractivity contribution is -0.138. The standard InChI is InChI=1S/C20H21ClN2O5/c1-27-17-9-12-7-8-23(20(26)22-14-5-3-13(21)4-6-14)16(11-19(24)25)15(12)10-18(17)28-2/h3-6,9-10,16H,7-8,11H2,1-2H3,(H,22,26)(H,24,25)/t16-/m0/s1. The van der Waals surface area contributed by atoms with Crippen LogP contribution in [0.25, 0.3) is 0 Å². The second-order valence-electron chi connectivity index (χ2n) is 6.40. The van der Waals surface area contributed by atoms with E-state index >= 15 is 0 Å². The molecular weight excluding hydrogens is 384 g/mol. The number of nitrogens with one attached hydrogen (secondary N) is 1. The van der Waals surface area contributed by atoms with Gasteiger partial charge in [-0.25, -0.2) is 4.79 Å². The van der Waals surface area contributed by atoms with Gasteiger partial charge in [-0.05, 0) is 53.9 Å². The van der Waals surface area contributed by atoms with Crippen molar-refractivity contribution in [2.75, 3.05) is 26.1 Å². The first-order valence-electron chi connectivity index (χ1n) is 8.72. The number of carboxylic acids is 1. The van der Waals surface area contributed by atoms with E-state index in [1.165, 1.54) is 12.0 Å². The van der Waals surface area contributed by atoms with Gasteiger partial charge in [-0.15, -0.1) is 0 Å². The Morgan fingerprint density at radius 3 is 2.43 bits per heavy atom. The smallest absolute Gasteiger partial charge is 0.322 e. The quantitative estimate of drug-likeness (QED) is 0.787. The van der Waals surface area contributed by atoms with E-state index in [-0.39, 0.29) is 12.5 Å². The van der Waals surface area contributed by atoms with Crippen molar-refractivity contribution in [3.05, 3.63) is 52.5 Å². The summed E-state index contributed by atoms with van der Waals surface area (Å²) in [6.45, 7) is 0.389. The zero-order valence-corrected chi connectivity index (χ0v) is 16.3. The number of ether oxygens (including phenoxy) is 2. The monoisotopic (exact) mass is 404 g/mol. The van der Waals surface area contributed by atoms with Gasteiger partial charge in [0.25, 0.3) is 0 Å². The Kier molecular flexibility index (Phi) is 5.94. The second kappa shape index (κ2) is 8.39. The van der Waals surface area contributed by atoms with E-state index in [0.717, 1.165) is 11.1 Å². The number of halogens is 1. The van der Waals surface area contributed by atoms with E-state index in [0.29, 0.717) is 35.2 Å². The van der Waals surface area contributed by atoms with Gasteiger partial charge < -0.3 is 24.8 Å². The number of hydrogen-bond donors (Lipinski definition) is 2. The third-order valence-corrected chi connectivity index (χ3v) is 4.98. The molecule has 8 heteroatoms. The minimum absolute atomic E-state index is 0.212. The Hall–Kier alpha value is -2.93. The number of benzene rings is 2. The third kappa shape index (κ3) is 4.14. The van der Waals surface area contributed by atoms with E-state index in [1.54, 1.807) is 37.4 Å². The Labute approximate surface area is 167 Å². The normalized spacial score (nSPS) is 15.5. The topological polar surface area (TPSA) is 88.1 Å². The summed E-state index contributed by atoms with van der Waals surface area (Å²) in [6, 6.07) is 9.35. The van der Waals surface area contributed by atoms with Gasteiger partial charge in [0.1, 0.15) is 0 Å². The molecule has 0 aliphatic carbocycles. The molecule has 7 nitrogen and oxygen atoms in total. The van der Waals surface area contributed by atoms with Crippen LogP contribution in [0.5, 0.6) is 11.5 Å². The zero-order chi connectivity index (χ0) is 20.3. The molecule has 28 heavy (non-hydrogen) atoms. The summed E-state index contributed by atoms with van der Waals surface area (Å²) in [5.74, 6) is 0.0860. The van der Waals surface area contributed by atoms with Gasteiger partial charge in [-0.1, -0.05) is 11.6 Å². The Morgan fingerprint density at radius 2 is 1.82 bits per heavy atom. The van der Waals surface area contributed by atoms with Crippen molar-refractivity contribution < 1.29 is 24.2 Å². The minimum Gasteiger partial charge on any atom is -0.493 e. The lowest BCUT2D eigenvalue weighted by Crippen LogP contribution is -2.43. The molecule has 0 unspecified atom stereocenters. The first kappa shape index (κ1) is 19.8. The number of nitrogens with zero attached hydrogens (tertiary/aromatic N) is 1. The summed E-state index contributed by atoms with van der Waals surface area (Å²) >= 11 is 5.88. The second-order valence-corrected chi connectivity index (χ2v) is 6.84. The van der Waals surface area contributed by atoms with Gasteiger partial charge >= 0.3 is 12.0 Å². The van der Waals surface area contributed by atoms with E-state index in [9.17, 15) is 14.7 Å². The molecule has 148 valence electrons. The molecule has 0 saturated heterocycles. The number of carboxylic acid groups (broad SMARTS) is 1. The summed E-state index contributed by atoms with van der Waals surface area (Å²) in [4.78, 5) is 25.9. The fraction of sp³-hybridized carbons (Fsp3) is 0.300. The van der Waals surface area contributed by atoms with Crippen LogP contribution in [0.2, 0.25) is 5.02 Å². The maximum atomic E-state index is 12.9. The number of anilines is 1. The Balaban J connectivity index is 1.92. The van der Waals surface area contributed by atoms with Crippen molar-refractivity contribution in [1.82, 2.24) is 4.90 Å². The summed E-state index contributed by atoms with van der Waals surface area (Å²) in [5, 5.41) is 12.8. The summed E-state index contributed by atoms with van der Waals surface area (Å²) in [6.07, 6.45) is 0.371. The average Bonchev–Trinajstić information content (AvgIpc) is 2.68. The van der Waals surface area contributed by atoms with E-state index in [2.05, 4.69) is 5.32 Å². The third-order valence-electron chi connectivity index (χ3n) is 4.73. The maximum Gasteiger partial charge on any atom is 0.322 e. The van der Waals surface area contributed by atoms with Crippen LogP contribution in [0, 0.1) is 0 Å². The van der Waals surface area contributed by atoms with Crippen molar-refractivity contribution >= 4 is 29.3 Å². The molecule has 0 bridgehead atoms. The number of carbonyl (C=O) groups excluding carboxylic acids is 1. The van der Waals surface area contributed by atoms with Crippen LogP contribution in [0.1, 0.15) is 23.6 Å². The summed E-state index contributed by atoms with van der Waals surface area (Å²) in [7, 11) is 3.07. The molecule has 2 aromatic carbocycles. The molecule has 2 aromatic rings. The number of carbonyl (C=O) groups is 2. The predicted octanol–water partition coefficient (Wildman–Crippen LogP) is 3.96. The molecule has 3 rings (SSSR count). The van der Waals surface area contributed by atoms with Crippen molar-refractivity contribution in [2.45, 2.75) is 18.9 Å². The highest BCUT2D eigenvalue weighted by molar-refractivity contribution is 6.30. The number of fused-ring (bicyclic) bond motifs is 1. The number of aliphatic carboxylic acids is 1. The zero-order valence-electron chi connectivity index (χ0n) is 15.6. The van der Waals surface area contributed by atoms with E-state index < -0.39 is 12.0 Å². The van der Waals surface area contributed by atoms with Crippen molar-refractivity contribution in [3.8, 4) is 11.5 Å². The van der Waals surface area contributed by atoms with Crippen molar-refractivity contribution in [3.63, 3.8) is 0 Å². The molecule has 0 radical (unpaired) electrons. The summed E-state index contributed by atoms with van der Waals surface area (Å²) in [5.41, 5.74) is 2.28. The van der Waals surface area contributed by atoms with Crippen LogP contribution >= 0.6 is 11.6 Å². The number of rotatable bonds is 5. The number of urea groups is 1. The van der Waals surface area contributed by atoms with Crippen LogP contribution < -0.4 is 14.8 Å². The molecule has 1 aliphatic rings. The highest BCUT2D eigenvalue weighted by Crippen LogP contribution is 2.39.